The van der Waals surface area contributed by atoms with Gasteiger partial charge in [-0.3, -0.25) is 9.10 Å². The van der Waals surface area contributed by atoms with Crippen molar-refractivity contribution in [2.24, 2.45) is 0 Å². The summed E-state index contributed by atoms with van der Waals surface area (Å²) in [6, 6.07) is 9.69. The molecule has 0 saturated heterocycles. The van der Waals surface area contributed by atoms with Crippen molar-refractivity contribution < 1.29 is 27.1 Å². The first-order chi connectivity index (χ1) is 12.3. The van der Waals surface area contributed by atoms with E-state index in [4.69, 9.17) is 4.74 Å². The Morgan fingerprint density at radius 3 is 2.62 bits per heavy atom. The minimum atomic E-state index is -3.36. The third kappa shape index (κ3) is 3.75. The van der Waals surface area contributed by atoms with E-state index >= 15 is 0 Å². The van der Waals surface area contributed by atoms with Crippen LogP contribution in [-0.4, -0.2) is 39.6 Å². The summed E-state index contributed by atoms with van der Waals surface area (Å²) in [6.45, 7) is -0.149. The van der Waals surface area contributed by atoms with E-state index in [1.165, 1.54) is 28.6 Å². The molecule has 0 bridgehead atoms. The first kappa shape index (κ1) is 18.1. The summed E-state index contributed by atoms with van der Waals surface area (Å²) < 4.78 is 42.8. The van der Waals surface area contributed by atoms with E-state index < -0.39 is 34.2 Å². The molecular weight excluding hydrogens is 361 g/mol. The first-order valence-corrected chi connectivity index (χ1v) is 9.67. The van der Waals surface area contributed by atoms with E-state index in [9.17, 15) is 22.4 Å². The molecule has 6 nitrogen and oxygen atoms in total. The summed E-state index contributed by atoms with van der Waals surface area (Å²) in [5.41, 5.74) is 1.65. The van der Waals surface area contributed by atoms with E-state index in [0.717, 1.165) is 17.9 Å². The van der Waals surface area contributed by atoms with E-state index in [-0.39, 0.29) is 5.56 Å². The number of carbonyl (C=O) groups excluding carboxylic acids is 2. The monoisotopic (exact) mass is 377 g/mol. The van der Waals surface area contributed by atoms with Gasteiger partial charge in [0.1, 0.15) is 5.82 Å². The van der Waals surface area contributed by atoms with Crippen LogP contribution in [0.3, 0.4) is 0 Å². The highest BCUT2D eigenvalue weighted by Gasteiger charge is 2.26. The Hall–Kier alpha value is -2.74. The molecule has 0 aliphatic carbocycles. The molecule has 0 unspecified atom stereocenters. The number of ether oxygens (including phenoxy) is 1. The second-order valence-electron chi connectivity index (χ2n) is 5.94. The maximum Gasteiger partial charge on any atom is 0.338 e. The number of hydrogen-bond acceptors (Lipinski definition) is 5. The van der Waals surface area contributed by atoms with Gasteiger partial charge in [0, 0.05) is 12.1 Å². The molecule has 0 aromatic heterocycles. The SMILES string of the molecule is CS(=O)(=O)N1CCc2cc(C(=O)COC(=O)c3cccc(F)c3)ccc21. The average Bonchev–Trinajstić information content (AvgIpc) is 3.02. The second-order valence-corrected chi connectivity index (χ2v) is 7.85. The largest absolute Gasteiger partial charge is 0.454 e. The zero-order valence-corrected chi connectivity index (χ0v) is 14.8. The zero-order valence-electron chi connectivity index (χ0n) is 13.9. The van der Waals surface area contributed by atoms with Gasteiger partial charge in [-0.25, -0.2) is 17.6 Å². The van der Waals surface area contributed by atoms with E-state index in [1.54, 1.807) is 12.1 Å². The van der Waals surface area contributed by atoms with Gasteiger partial charge in [0.25, 0.3) is 0 Å². The number of hydrogen-bond donors (Lipinski definition) is 0. The number of anilines is 1. The summed E-state index contributed by atoms with van der Waals surface area (Å²) >= 11 is 0. The van der Waals surface area contributed by atoms with Gasteiger partial charge < -0.3 is 4.74 Å². The summed E-state index contributed by atoms with van der Waals surface area (Å²) in [7, 11) is -3.36. The standard InChI is InChI=1S/C18H16FNO5S/c1-26(23,24)20-8-7-12-9-13(5-6-16(12)20)17(21)11-25-18(22)14-3-2-4-15(19)10-14/h2-6,9-10H,7-8,11H2,1H3. The molecule has 1 aliphatic rings. The third-order valence-electron chi connectivity index (χ3n) is 4.05. The Kier molecular flexibility index (Phi) is 4.78. The summed E-state index contributed by atoms with van der Waals surface area (Å²) in [5.74, 6) is -1.78. The van der Waals surface area contributed by atoms with Gasteiger partial charge in [-0.05, 0) is 48.4 Å². The molecule has 0 saturated carbocycles. The number of nitrogens with zero attached hydrogens (tertiary/aromatic N) is 1. The summed E-state index contributed by atoms with van der Waals surface area (Å²) in [6.07, 6.45) is 1.64. The molecule has 2 aromatic carbocycles. The molecule has 0 N–H and O–H groups in total. The summed E-state index contributed by atoms with van der Waals surface area (Å²) in [4.78, 5) is 24.1. The van der Waals surface area contributed by atoms with Crippen LogP contribution in [0.1, 0.15) is 26.3 Å². The molecule has 26 heavy (non-hydrogen) atoms. The van der Waals surface area contributed by atoms with Crippen molar-refractivity contribution in [3.63, 3.8) is 0 Å². The first-order valence-electron chi connectivity index (χ1n) is 7.82. The van der Waals surface area contributed by atoms with Crippen molar-refractivity contribution >= 4 is 27.5 Å². The molecule has 0 radical (unpaired) electrons. The second kappa shape index (κ2) is 6.87. The predicted octanol–water partition coefficient (Wildman–Crippen LogP) is 2.19. The van der Waals surface area contributed by atoms with Crippen LogP contribution in [0, 0.1) is 5.82 Å². The molecule has 2 aromatic rings. The highest BCUT2D eigenvalue weighted by Crippen LogP contribution is 2.30. The van der Waals surface area contributed by atoms with Gasteiger partial charge in [0.2, 0.25) is 10.0 Å². The molecule has 3 rings (SSSR count). The maximum absolute atomic E-state index is 13.1. The van der Waals surface area contributed by atoms with Crippen LogP contribution in [-0.2, 0) is 21.2 Å². The quantitative estimate of drug-likeness (QED) is 0.589. The Balaban J connectivity index is 1.69. The van der Waals surface area contributed by atoms with Crippen LogP contribution >= 0.6 is 0 Å². The smallest absolute Gasteiger partial charge is 0.338 e. The van der Waals surface area contributed by atoms with Crippen molar-refractivity contribution in [3.05, 3.63) is 65.0 Å². The lowest BCUT2D eigenvalue weighted by Crippen LogP contribution is -2.27. The van der Waals surface area contributed by atoms with Gasteiger partial charge in [-0.2, -0.15) is 0 Å². The van der Waals surface area contributed by atoms with Crippen LogP contribution in [0.4, 0.5) is 10.1 Å². The van der Waals surface area contributed by atoms with E-state index in [1.807, 2.05) is 0 Å². The molecule has 0 amide bonds. The topological polar surface area (TPSA) is 80.8 Å². The maximum atomic E-state index is 13.1. The number of benzene rings is 2. The third-order valence-corrected chi connectivity index (χ3v) is 5.23. The van der Waals surface area contributed by atoms with Crippen LogP contribution in [0.15, 0.2) is 42.5 Å². The van der Waals surface area contributed by atoms with E-state index in [2.05, 4.69) is 0 Å². The number of halogens is 1. The molecule has 0 atom stereocenters. The van der Waals surface area contributed by atoms with Gasteiger partial charge in [-0.1, -0.05) is 6.07 Å². The molecular formula is C18H16FNO5S. The van der Waals surface area contributed by atoms with Crippen molar-refractivity contribution in [3.8, 4) is 0 Å². The van der Waals surface area contributed by atoms with Crippen molar-refractivity contribution in [2.75, 3.05) is 23.7 Å². The van der Waals surface area contributed by atoms with Crippen LogP contribution in [0.5, 0.6) is 0 Å². The normalized spacial score (nSPS) is 13.4. The number of fused-ring (bicyclic) bond motifs is 1. The lowest BCUT2D eigenvalue weighted by molar-refractivity contribution is 0.0474. The number of Topliss-reactive ketones (excluding diaryl/α,β-unsaturated/α-hetero) is 1. The van der Waals surface area contributed by atoms with Crippen molar-refractivity contribution in [1.82, 2.24) is 0 Å². The fourth-order valence-corrected chi connectivity index (χ4v) is 3.76. The average molecular weight is 377 g/mol. The van der Waals surface area contributed by atoms with Gasteiger partial charge >= 0.3 is 5.97 Å². The molecule has 0 spiro atoms. The molecule has 136 valence electrons. The van der Waals surface area contributed by atoms with Crippen LogP contribution in [0.25, 0.3) is 0 Å². The van der Waals surface area contributed by atoms with Gasteiger partial charge in [0.15, 0.2) is 12.4 Å². The molecule has 8 heteroatoms. The fourth-order valence-electron chi connectivity index (χ4n) is 2.80. The molecule has 0 fully saturated rings. The number of ketones is 1. The lowest BCUT2D eigenvalue weighted by Gasteiger charge is -2.16. The number of sulfonamides is 1. The summed E-state index contributed by atoms with van der Waals surface area (Å²) in [5, 5.41) is 0. The minimum Gasteiger partial charge on any atom is -0.454 e. The zero-order chi connectivity index (χ0) is 18.9. The van der Waals surface area contributed by atoms with Crippen molar-refractivity contribution in [2.45, 2.75) is 6.42 Å². The van der Waals surface area contributed by atoms with Crippen LogP contribution < -0.4 is 4.31 Å². The Bertz CT molecular complexity index is 987. The van der Waals surface area contributed by atoms with Gasteiger partial charge in [0.05, 0.1) is 17.5 Å². The number of esters is 1. The number of carbonyl (C=O) groups is 2. The highest BCUT2D eigenvalue weighted by atomic mass is 32.2. The molecule has 1 heterocycles. The minimum absolute atomic E-state index is 0.0237. The van der Waals surface area contributed by atoms with Crippen LogP contribution in [0.2, 0.25) is 0 Å². The molecule has 1 aliphatic heterocycles. The Labute approximate surface area is 150 Å². The Morgan fingerprint density at radius 1 is 1.15 bits per heavy atom. The number of rotatable bonds is 5. The predicted molar refractivity (Wildman–Crippen MR) is 93.3 cm³/mol. The van der Waals surface area contributed by atoms with E-state index in [0.29, 0.717) is 24.2 Å². The Morgan fingerprint density at radius 2 is 1.92 bits per heavy atom. The fraction of sp³-hybridized carbons (Fsp3) is 0.222. The van der Waals surface area contributed by atoms with Crippen molar-refractivity contribution in [1.29, 1.82) is 0 Å². The lowest BCUT2D eigenvalue weighted by atomic mass is 10.1. The van der Waals surface area contributed by atoms with Gasteiger partial charge in [-0.15, -0.1) is 0 Å². The highest BCUT2D eigenvalue weighted by molar-refractivity contribution is 7.92.